The SMILES string of the molecule is CN(Cc1cc2c(=O)c(C(=O)NCc3ccc(Cl)cc3)cn(C)c2o1)CC(O)CSc1nnc(N)s1. The lowest BCUT2D eigenvalue weighted by Crippen LogP contribution is -2.30. The van der Waals surface area contributed by atoms with Crippen LogP contribution < -0.4 is 16.5 Å². The van der Waals surface area contributed by atoms with Gasteiger partial charge >= 0.3 is 0 Å². The van der Waals surface area contributed by atoms with Crippen molar-refractivity contribution < 1.29 is 14.3 Å². The molecule has 1 aromatic carbocycles. The van der Waals surface area contributed by atoms with E-state index in [1.807, 2.05) is 24.1 Å². The van der Waals surface area contributed by atoms with Crippen LogP contribution in [0, 0.1) is 0 Å². The highest BCUT2D eigenvalue weighted by atomic mass is 35.5. The van der Waals surface area contributed by atoms with Crippen molar-refractivity contribution in [1.82, 2.24) is 25.0 Å². The minimum absolute atomic E-state index is 0.0319. The third-order valence-corrected chi connectivity index (χ3v) is 7.56. The van der Waals surface area contributed by atoms with Gasteiger partial charge in [-0.3, -0.25) is 14.5 Å². The molecule has 0 saturated heterocycles. The van der Waals surface area contributed by atoms with Crippen LogP contribution in [0.3, 0.4) is 0 Å². The van der Waals surface area contributed by atoms with Crippen LogP contribution in [-0.2, 0) is 20.1 Å². The monoisotopic (exact) mass is 548 g/mol. The normalized spacial score (nSPS) is 12.4. The number of carbonyl (C=O) groups excluding carboxylic acids is 1. The second-order valence-electron chi connectivity index (χ2n) is 8.29. The summed E-state index contributed by atoms with van der Waals surface area (Å²) in [6.45, 7) is 1.03. The van der Waals surface area contributed by atoms with E-state index < -0.39 is 17.4 Å². The van der Waals surface area contributed by atoms with E-state index in [1.54, 1.807) is 29.8 Å². The number of furan rings is 1. The number of aromatic nitrogens is 3. The van der Waals surface area contributed by atoms with Crippen molar-refractivity contribution in [3.63, 3.8) is 0 Å². The van der Waals surface area contributed by atoms with E-state index in [2.05, 4.69) is 15.5 Å². The Morgan fingerprint density at radius 2 is 2.11 bits per heavy atom. The summed E-state index contributed by atoms with van der Waals surface area (Å²) in [6.07, 6.45) is 0.858. The van der Waals surface area contributed by atoms with Crippen LogP contribution in [0.25, 0.3) is 11.1 Å². The second kappa shape index (κ2) is 11.4. The van der Waals surface area contributed by atoms with Crippen LogP contribution in [-0.4, -0.2) is 56.1 Å². The number of anilines is 1. The Labute approximate surface area is 220 Å². The number of likely N-dealkylation sites (N-methyl/N-ethyl adjacent to an activating group) is 1. The van der Waals surface area contributed by atoms with Crippen molar-refractivity contribution in [3.8, 4) is 0 Å². The largest absolute Gasteiger partial charge is 0.443 e. The second-order valence-corrected chi connectivity index (χ2v) is 11.0. The molecule has 3 aromatic heterocycles. The summed E-state index contributed by atoms with van der Waals surface area (Å²) in [5, 5.41) is 22.1. The zero-order valence-corrected chi connectivity index (χ0v) is 22.0. The number of rotatable bonds is 10. The summed E-state index contributed by atoms with van der Waals surface area (Å²) in [4.78, 5) is 27.7. The molecule has 1 unspecified atom stereocenters. The number of halogens is 1. The molecular weight excluding hydrogens is 524 g/mol. The molecular formula is C23H25ClN6O4S2. The van der Waals surface area contributed by atoms with Crippen molar-refractivity contribution in [2.24, 2.45) is 7.05 Å². The number of nitrogen functional groups attached to an aromatic ring is 1. The number of thioether (sulfide) groups is 1. The lowest BCUT2D eigenvalue weighted by Gasteiger charge is -2.18. The van der Waals surface area contributed by atoms with Gasteiger partial charge in [-0.05, 0) is 30.8 Å². The highest BCUT2D eigenvalue weighted by Crippen LogP contribution is 2.24. The lowest BCUT2D eigenvalue weighted by molar-refractivity contribution is 0.0949. The molecule has 190 valence electrons. The molecule has 0 bridgehead atoms. The summed E-state index contributed by atoms with van der Waals surface area (Å²) >= 11 is 8.56. The number of aryl methyl sites for hydroxylation is 1. The zero-order chi connectivity index (χ0) is 25.8. The maximum absolute atomic E-state index is 13.0. The number of carbonyl (C=O) groups is 1. The van der Waals surface area contributed by atoms with Crippen molar-refractivity contribution in [2.75, 3.05) is 25.1 Å². The summed E-state index contributed by atoms with van der Waals surface area (Å²) in [7, 11) is 3.56. The van der Waals surface area contributed by atoms with Gasteiger partial charge < -0.3 is 25.1 Å². The number of hydrogen-bond donors (Lipinski definition) is 3. The number of aliphatic hydroxyl groups is 1. The van der Waals surface area contributed by atoms with E-state index in [1.165, 1.54) is 29.3 Å². The number of pyridine rings is 1. The van der Waals surface area contributed by atoms with Crippen LogP contribution in [0.2, 0.25) is 5.02 Å². The summed E-state index contributed by atoms with van der Waals surface area (Å²) in [5.41, 5.74) is 6.45. The average Bonchev–Trinajstić information content (AvgIpc) is 3.46. The molecule has 4 aromatic rings. The minimum atomic E-state index is -0.614. The quantitative estimate of drug-likeness (QED) is 0.255. The van der Waals surface area contributed by atoms with Gasteiger partial charge in [-0.15, -0.1) is 10.2 Å². The zero-order valence-electron chi connectivity index (χ0n) is 19.6. The first-order valence-corrected chi connectivity index (χ1v) is 13.1. The molecule has 1 atom stereocenters. The van der Waals surface area contributed by atoms with Crippen LogP contribution in [0.4, 0.5) is 5.13 Å². The highest BCUT2D eigenvalue weighted by Gasteiger charge is 2.19. The Kier molecular flexibility index (Phi) is 8.32. The third kappa shape index (κ3) is 6.45. The average molecular weight is 549 g/mol. The Morgan fingerprint density at radius 1 is 1.36 bits per heavy atom. The molecule has 0 radical (unpaired) electrons. The Hall–Kier alpha value is -2.90. The van der Waals surface area contributed by atoms with Gasteiger partial charge in [-0.25, -0.2) is 0 Å². The van der Waals surface area contributed by atoms with Crippen LogP contribution >= 0.6 is 34.7 Å². The van der Waals surface area contributed by atoms with E-state index in [9.17, 15) is 14.7 Å². The number of nitrogens with one attached hydrogen (secondary N) is 1. The highest BCUT2D eigenvalue weighted by molar-refractivity contribution is 8.01. The maximum Gasteiger partial charge on any atom is 0.257 e. The van der Waals surface area contributed by atoms with Crippen molar-refractivity contribution in [1.29, 1.82) is 0 Å². The lowest BCUT2D eigenvalue weighted by atomic mass is 10.2. The van der Waals surface area contributed by atoms with E-state index in [-0.39, 0.29) is 12.1 Å². The van der Waals surface area contributed by atoms with Gasteiger partial charge in [-0.2, -0.15) is 0 Å². The molecule has 3 heterocycles. The number of aliphatic hydroxyl groups excluding tert-OH is 1. The fourth-order valence-electron chi connectivity index (χ4n) is 3.62. The molecule has 0 aliphatic heterocycles. The van der Waals surface area contributed by atoms with Crippen molar-refractivity contribution >= 4 is 56.8 Å². The molecule has 0 spiro atoms. The first-order valence-electron chi connectivity index (χ1n) is 10.9. The number of fused-ring (bicyclic) bond motifs is 1. The first kappa shape index (κ1) is 26.2. The molecule has 4 N–H and O–H groups in total. The molecule has 4 rings (SSSR count). The van der Waals surface area contributed by atoms with Crippen molar-refractivity contribution in [3.05, 3.63) is 68.7 Å². The van der Waals surface area contributed by atoms with Gasteiger partial charge in [0.25, 0.3) is 5.91 Å². The Morgan fingerprint density at radius 3 is 2.81 bits per heavy atom. The molecule has 0 fully saturated rings. The predicted octanol–water partition coefficient (Wildman–Crippen LogP) is 2.73. The topological polar surface area (TPSA) is 140 Å². The fraction of sp³-hybridized carbons (Fsp3) is 0.304. The molecule has 0 saturated carbocycles. The predicted molar refractivity (Wildman–Crippen MR) is 141 cm³/mol. The van der Waals surface area contributed by atoms with E-state index in [4.69, 9.17) is 21.8 Å². The fourth-order valence-corrected chi connectivity index (χ4v) is 5.32. The van der Waals surface area contributed by atoms with E-state index >= 15 is 0 Å². The number of amides is 1. The van der Waals surface area contributed by atoms with Crippen LogP contribution in [0.15, 0.2) is 50.1 Å². The van der Waals surface area contributed by atoms with Gasteiger partial charge in [0.1, 0.15) is 11.3 Å². The molecule has 0 aliphatic rings. The van der Waals surface area contributed by atoms with E-state index in [0.29, 0.717) is 50.2 Å². The smallest absolute Gasteiger partial charge is 0.257 e. The summed E-state index contributed by atoms with van der Waals surface area (Å²) in [5.74, 6) is 0.522. The minimum Gasteiger partial charge on any atom is -0.443 e. The van der Waals surface area contributed by atoms with Crippen LogP contribution in [0.1, 0.15) is 21.7 Å². The van der Waals surface area contributed by atoms with E-state index in [0.717, 1.165) is 5.56 Å². The molecule has 1 amide bonds. The molecule has 10 nitrogen and oxygen atoms in total. The van der Waals surface area contributed by atoms with Gasteiger partial charge in [-0.1, -0.05) is 46.8 Å². The number of hydrogen-bond acceptors (Lipinski definition) is 10. The van der Waals surface area contributed by atoms with Gasteiger partial charge in [0.05, 0.1) is 18.0 Å². The third-order valence-electron chi connectivity index (χ3n) is 5.28. The molecule has 0 aliphatic carbocycles. The standard InChI is InChI=1S/C23H25ClN6O4S2/c1-29(9-15(31)12-35-23-28-27-22(25)36-23)10-16-7-17-19(32)18(11-30(2)21(17)34-16)20(33)26-8-13-3-5-14(24)6-4-13/h3-7,11,15,31H,8-10,12H2,1-2H3,(H2,25,27)(H,26,33). The molecule has 13 heteroatoms. The summed E-state index contributed by atoms with van der Waals surface area (Å²) < 4.78 is 8.22. The van der Waals surface area contributed by atoms with Crippen molar-refractivity contribution in [2.45, 2.75) is 23.5 Å². The Bertz CT molecular complexity index is 1420. The maximum atomic E-state index is 13.0. The van der Waals surface area contributed by atoms with Gasteiger partial charge in [0.2, 0.25) is 16.3 Å². The number of nitrogens with two attached hydrogens (primary N) is 1. The summed E-state index contributed by atoms with van der Waals surface area (Å²) in [6, 6.07) is 8.75. The molecule has 36 heavy (non-hydrogen) atoms. The first-order chi connectivity index (χ1) is 17.2. The number of benzene rings is 1. The van der Waals surface area contributed by atoms with Gasteiger partial charge in [0.15, 0.2) is 4.34 Å². The van der Waals surface area contributed by atoms with Gasteiger partial charge in [0, 0.05) is 37.1 Å². The Balaban J connectivity index is 1.39. The number of nitrogens with zero attached hydrogens (tertiary/aromatic N) is 4. The van der Waals surface area contributed by atoms with Crippen LogP contribution in [0.5, 0.6) is 0 Å².